The highest BCUT2D eigenvalue weighted by atomic mass is 16.5. The second kappa shape index (κ2) is 6.10. The summed E-state index contributed by atoms with van der Waals surface area (Å²) in [6.07, 6.45) is 4.84. The molecule has 0 atom stereocenters. The van der Waals surface area contributed by atoms with Crippen molar-refractivity contribution in [1.82, 2.24) is 0 Å². The van der Waals surface area contributed by atoms with Crippen molar-refractivity contribution < 1.29 is 19.3 Å². The van der Waals surface area contributed by atoms with E-state index in [1.807, 2.05) is 0 Å². The van der Waals surface area contributed by atoms with E-state index in [1.165, 1.54) is 5.56 Å². The molecule has 0 saturated carbocycles. The first-order valence-corrected chi connectivity index (χ1v) is 9.95. The van der Waals surface area contributed by atoms with Crippen molar-refractivity contribution in [2.24, 2.45) is 10.8 Å². The number of hydrogen-bond donors (Lipinski definition) is 2. The number of piperidine rings is 2. The van der Waals surface area contributed by atoms with Crippen molar-refractivity contribution in [1.29, 1.82) is 0 Å². The minimum atomic E-state index is -0.0615. The molecule has 0 spiro atoms. The van der Waals surface area contributed by atoms with Crippen LogP contribution in [0.3, 0.4) is 0 Å². The van der Waals surface area contributed by atoms with Gasteiger partial charge in [0, 0.05) is 0 Å². The first kappa shape index (κ1) is 17.0. The zero-order valence-electron chi connectivity index (χ0n) is 15.9. The van der Waals surface area contributed by atoms with E-state index >= 15 is 0 Å². The van der Waals surface area contributed by atoms with Gasteiger partial charge in [0.1, 0.15) is 42.8 Å². The number of benzene rings is 1. The van der Waals surface area contributed by atoms with Gasteiger partial charge in [0.2, 0.25) is 6.17 Å². The Bertz CT molecular complexity index is 610. The lowest BCUT2D eigenvalue weighted by Crippen LogP contribution is -3.41. The maximum absolute atomic E-state index is 13.5. The van der Waals surface area contributed by atoms with Gasteiger partial charge in [-0.1, -0.05) is 26.7 Å². The van der Waals surface area contributed by atoms with Crippen LogP contribution in [0.5, 0.6) is 5.75 Å². The SMILES string of the molecule is CCCC12C[NH+]3CC(CCC)(C[NH+](C1)C3c1ccc(OC)cc1)C2=O. The maximum atomic E-state index is 13.5. The van der Waals surface area contributed by atoms with E-state index in [0.717, 1.165) is 57.6 Å². The lowest BCUT2D eigenvalue weighted by atomic mass is 9.57. The number of rotatable bonds is 6. The fourth-order valence-electron chi connectivity index (χ4n) is 6.37. The standard InChI is InChI=1S/C21H30N2O2/c1-4-10-20-12-22-14-21(11-5-2,19(20)24)15-23(13-20)18(22)16-6-8-17(25-3)9-7-16/h6-9,18H,4-5,10-15H2,1-3H3/p+2. The van der Waals surface area contributed by atoms with E-state index < -0.39 is 0 Å². The molecule has 0 aromatic heterocycles. The summed E-state index contributed by atoms with van der Waals surface area (Å²) in [6, 6.07) is 8.62. The minimum absolute atomic E-state index is 0.0615. The summed E-state index contributed by atoms with van der Waals surface area (Å²) in [6.45, 7) is 8.59. The largest absolute Gasteiger partial charge is 0.497 e. The molecule has 0 radical (unpaired) electrons. The average Bonchev–Trinajstić information content (AvgIpc) is 2.60. The summed E-state index contributed by atoms with van der Waals surface area (Å²) in [5, 5.41) is 0. The van der Waals surface area contributed by atoms with E-state index in [9.17, 15) is 4.79 Å². The van der Waals surface area contributed by atoms with Gasteiger partial charge in [-0.2, -0.15) is 0 Å². The molecule has 1 aromatic rings. The Balaban J connectivity index is 1.69. The number of quaternary nitrogens is 2. The van der Waals surface area contributed by atoms with Gasteiger partial charge in [0.25, 0.3) is 0 Å². The van der Waals surface area contributed by atoms with Gasteiger partial charge in [-0.15, -0.1) is 0 Å². The molecule has 4 heteroatoms. The molecule has 4 nitrogen and oxygen atoms in total. The highest BCUT2D eigenvalue weighted by molar-refractivity contribution is 5.92. The molecular formula is C21H32N2O2+2. The number of ether oxygens (including phenoxy) is 1. The van der Waals surface area contributed by atoms with Crippen LogP contribution < -0.4 is 14.5 Å². The Hall–Kier alpha value is -1.39. The molecule has 4 bridgehead atoms. The van der Waals surface area contributed by atoms with E-state index in [2.05, 4.69) is 38.1 Å². The van der Waals surface area contributed by atoms with Crippen molar-refractivity contribution in [3.05, 3.63) is 29.8 Å². The van der Waals surface area contributed by atoms with Gasteiger partial charge >= 0.3 is 0 Å². The third kappa shape index (κ3) is 2.45. The van der Waals surface area contributed by atoms with Crippen LogP contribution in [0.15, 0.2) is 24.3 Å². The van der Waals surface area contributed by atoms with E-state index in [0.29, 0.717) is 11.9 Å². The molecule has 0 amide bonds. The molecule has 4 fully saturated rings. The monoisotopic (exact) mass is 344 g/mol. The van der Waals surface area contributed by atoms with Crippen molar-refractivity contribution in [2.75, 3.05) is 33.3 Å². The summed E-state index contributed by atoms with van der Waals surface area (Å²) in [5.74, 6) is 1.53. The van der Waals surface area contributed by atoms with Crippen LogP contribution in [0.1, 0.15) is 51.3 Å². The summed E-state index contributed by atoms with van der Waals surface area (Å²) in [5.41, 5.74) is 1.28. The van der Waals surface area contributed by atoms with Crippen molar-refractivity contribution in [3.8, 4) is 5.75 Å². The van der Waals surface area contributed by atoms with Crippen molar-refractivity contribution in [3.63, 3.8) is 0 Å². The molecular weight excluding hydrogens is 312 g/mol. The molecule has 4 aliphatic heterocycles. The summed E-state index contributed by atoms with van der Waals surface area (Å²) >= 11 is 0. The first-order valence-electron chi connectivity index (χ1n) is 9.95. The fourth-order valence-corrected chi connectivity index (χ4v) is 6.37. The predicted molar refractivity (Wildman–Crippen MR) is 96.8 cm³/mol. The number of carbonyl (C=O) groups is 1. The highest BCUT2D eigenvalue weighted by Gasteiger charge is 2.70. The maximum Gasteiger partial charge on any atom is 0.240 e. The Labute approximate surface area is 151 Å². The number of hydrogen-bond acceptors (Lipinski definition) is 2. The molecule has 2 N–H and O–H groups in total. The summed E-state index contributed by atoms with van der Waals surface area (Å²) in [4.78, 5) is 16.8. The molecule has 0 aliphatic carbocycles. The summed E-state index contributed by atoms with van der Waals surface area (Å²) < 4.78 is 5.33. The van der Waals surface area contributed by atoms with Crippen LogP contribution in [-0.4, -0.2) is 39.1 Å². The van der Waals surface area contributed by atoms with Gasteiger partial charge < -0.3 is 4.74 Å². The van der Waals surface area contributed by atoms with Crippen LogP contribution in [0.25, 0.3) is 0 Å². The zero-order valence-corrected chi connectivity index (χ0v) is 15.9. The Morgan fingerprint density at radius 1 is 0.960 bits per heavy atom. The lowest BCUT2D eigenvalue weighted by Gasteiger charge is -2.60. The van der Waals surface area contributed by atoms with Gasteiger partial charge in [-0.3, -0.25) is 14.6 Å². The normalized spacial score (nSPS) is 39.0. The minimum Gasteiger partial charge on any atom is -0.497 e. The van der Waals surface area contributed by atoms with Gasteiger partial charge in [0.15, 0.2) is 5.78 Å². The second-order valence-electron chi connectivity index (χ2n) is 8.62. The van der Waals surface area contributed by atoms with Crippen LogP contribution in [0.2, 0.25) is 0 Å². The number of nitrogens with one attached hydrogen (secondary N) is 2. The third-order valence-electron chi connectivity index (χ3n) is 6.95. The molecule has 1 aromatic carbocycles. The molecule has 4 heterocycles. The van der Waals surface area contributed by atoms with Crippen LogP contribution >= 0.6 is 0 Å². The fraction of sp³-hybridized carbons (Fsp3) is 0.667. The smallest absolute Gasteiger partial charge is 0.240 e. The lowest BCUT2D eigenvalue weighted by molar-refractivity contribution is -1.18. The molecule has 4 aliphatic rings. The Kier molecular flexibility index (Phi) is 4.16. The van der Waals surface area contributed by atoms with Crippen molar-refractivity contribution in [2.45, 2.75) is 45.7 Å². The Morgan fingerprint density at radius 3 is 1.84 bits per heavy atom. The third-order valence-corrected chi connectivity index (χ3v) is 6.95. The number of ketones is 1. The molecule has 136 valence electrons. The summed E-state index contributed by atoms with van der Waals surface area (Å²) in [7, 11) is 1.72. The van der Waals surface area contributed by atoms with Crippen LogP contribution in [0, 0.1) is 10.8 Å². The van der Waals surface area contributed by atoms with Crippen molar-refractivity contribution >= 4 is 5.78 Å². The molecule has 0 unspecified atom stereocenters. The van der Waals surface area contributed by atoms with E-state index in [4.69, 9.17) is 4.74 Å². The van der Waals surface area contributed by atoms with E-state index in [-0.39, 0.29) is 10.8 Å². The predicted octanol–water partition coefficient (Wildman–Crippen LogP) is 0.647. The number of carbonyl (C=O) groups excluding carboxylic acids is 1. The molecule has 4 saturated heterocycles. The van der Waals surface area contributed by atoms with Gasteiger partial charge in [-0.05, 0) is 37.1 Å². The first-order chi connectivity index (χ1) is 12.1. The topological polar surface area (TPSA) is 35.2 Å². The zero-order chi connectivity index (χ0) is 17.7. The average molecular weight is 344 g/mol. The van der Waals surface area contributed by atoms with E-state index in [1.54, 1.807) is 16.9 Å². The number of methoxy groups -OCH3 is 1. The molecule has 5 rings (SSSR count). The second-order valence-corrected chi connectivity index (χ2v) is 8.62. The van der Waals surface area contributed by atoms with Crippen LogP contribution in [-0.2, 0) is 4.79 Å². The highest BCUT2D eigenvalue weighted by Crippen LogP contribution is 2.42. The number of Topliss-reactive ketones (excluding diaryl/α,β-unsaturated/α-hetero) is 1. The van der Waals surface area contributed by atoms with Gasteiger partial charge in [0.05, 0.1) is 12.7 Å². The quantitative estimate of drug-likeness (QED) is 0.795. The Morgan fingerprint density at radius 2 is 1.44 bits per heavy atom. The molecule has 25 heavy (non-hydrogen) atoms. The van der Waals surface area contributed by atoms with Crippen LogP contribution in [0.4, 0.5) is 0 Å². The van der Waals surface area contributed by atoms with Gasteiger partial charge in [-0.25, -0.2) is 0 Å².